The van der Waals surface area contributed by atoms with Crippen LogP contribution in [-0.4, -0.2) is 16.5 Å². The van der Waals surface area contributed by atoms with Gasteiger partial charge in [0.25, 0.3) is 0 Å². The van der Waals surface area contributed by atoms with Gasteiger partial charge in [-0.15, -0.1) is 0 Å². The number of halogens is 2. The van der Waals surface area contributed by atoms with Crippen LogP contribution in [0.25, 0.3) is 22.3 Å². The minimum absolute atomic E-state index is 0.627. The van der Waals surface area contributed by atoms with E-state index in [1.54, 1.807) is 0 Å². The topological polar surface area (TPSA) is 37.8 Å². The lowest BCUT2D eigenvalue weighted by molar-refractivity contribution is 1.14. The molecule has 21 heavy (non-hydrogen) atoms. The van der Waals surface area contributed by atoms with Gasteiger partial charge in [0.2, 0.25) is 0 Å². The summed E-state index contributed by atoms with van der Waals surface area (Å²) in [4.78, 5) is 9.26. The van der Waals surface area contributed by atoms with Gasteiger partial charge in [-0.2, -0.15) is 0 Å². The third-order valence-electron chi connectivity index (χ3n) is 3.12. The Morgan fingerprint density at radius 1 is 1.14 bits per heavy atom. The van der Waals surface area contributed by atoms with Crippen LogP contribution in [-0.2, 0) is 0 Å². The van der Waals surface area contributed by atoms with Gasteiger partial charge in [-0.25, -0.2) is 9.97 Å². The van der Waals surface area contributed by atoms with Crippen molar-refractivity contribution >= 4 is 44.3 Å². The Labute approximate surface area is 136 Å². The molecule has 106 valence electrons. The van der Waals surface area contributed by atoms with Crippen LogP contribution in [0.4, 0.5) is 5.82 Å². The molecule has 0 aliphatic heterocycles. The molecular weight excluding hydrogens is 350 g/mol. The van der Waals surface area contributed by atoms with E-state index in [9.17, 15) is 0 Å². The third-order valence-corrected chi connectivity index (χ3v) is 3.93. The number of rotatable bonds is 3. The van der Waals surface area contributed by atoms with E-state index in [2.05, 4.69) is 31.2 Å². The van der Waals surface area contributed by atoms with Gasteiger partial charge in [0, 0.05) is 22.0 Å². The van der Waals surface area contributed by atoms with Gasteiger partial charge in [0.1, 0.15) is 5.82 Å². The summed E-state index contributed by atoms with van der Waals surface area (Å²) in [6.45, 7) is 2.84. The minimum Gasteiger partial charge on any atom is -0.370 e. The number of benzene rings is 2. The van der Waals surface area contributed by atoms with Gasteiger partial charge < -0.3 is 5.32 Å². The van der Waals surface area contributed by atoms with Gasteiger partial charge in [-0.3, -0.25) is 0 Å². The van der Waals surface area contributed by atoms with Crippen molar-refractivity contribution in [3.63, 3.8) is 0 Å². The number of nitrogens with zero attached hydrogens (tertiary/aromatic N) is 2. The number of aromatic nitrogens is 2. The van der Waals surface area contributed by atoms with E-state index in [-0.39, 0.29) is 0 Å². The molecule has 1 N–H and O–H groups in total. The summed E-state index contributed by atoms with van der Waals surface area (Å²) in [6.07, 6.45) is 0. The van der Waals surface area contributed by atoms with E-state index in [4.69, 9.17) is 11.6 Å². The molecular formula is C16H13BrClN3. The van der Waals surface area contributed by atoms with E-state index in [0.717, 1.165) is 33.3 Å². The fourth-order valence-electron chi connectivity index (χ4n) is 2.17. The summed E-state index contributed by atoms with van der Waals surface area (Å²) in [5.41, 5.74) is 1.72. The summed E-state index contributed by atoms with van der Waals surface area (Å²) in [7, 11) is 0. The molecule has 2 aromatic carbocycles. The zero-order valence-electron chi connectivity index (χ0n) is 11.4. The van der Waals surface area contributed by atoms with Crippen LogP contribution in [0.15, 0.2) is 46.9 Å². The van der Waals surface area contributed by atoms with Gasteiger partial charge in [0.15, 0.2) is 5.82 Å². The largest absolute Gasteiger partial charge is 0.370 e. The minimum atomic E-state index is 0.627. The maximum atomic E-state index is 6.31. The number of para-hydroxylation sites is 1. The van der Waals surface area contributed by atoms with Crippen molar-refractivity contribution in [3.05, 3.63) is 52.0 Å². The molecule has 0 fully saturated rings. The van der Waals surface area contributed by atoms with Crippen LogP contribution >= 0.6 is 27.5 Å². The number of anilines is 1. The highest BCUT2D eigenvalue weighted by Crippen LogP contribution is 2.31. The third kappa shape index (κ3) is 2.87. The van der Waals surface area contributed by atoms with Gasteiger partial charge in [0.05, 0.1) is 10.5 Å². The molecule has 0 amide bonds. The summed E-state index contributed by atoms with van der Waals surface area (Å²) in [5.74, 6) is 1.46. The molecule has 3 aromatic rings. The van der Waals surface area contributed by atoms with Crippen LogP contribution in [0.3, 0.4) is 0 Å². The smallest absolute Gasteiger partial charge is 0.163 e. The van der Waals surface area contributed by atoms with Gasteiger partial charge in [-0.05, 0) is 37.3 Å². The van der Waals surface area contributed by atoms with E-state index in [1.165, 1.54) is 0 Å². The van der Waals surface area contributed by atoms with E-state index in [1.807, 2.05) is 49.4 Å². The molecule has 0 unspecified atom stereocenters. The molecule has 0 aliphatic carbocycles. The van der Waals surface area contributed by atoms with E-state index >= 15 is 0 Å². The highest BCUT2D eigenvalue weighted by atomic mass is 79.9. The second-order valence-electron chi connectivity index (χ2n) is 4.57. The number of hydrogen-bond acceptors (Lipinski definition) is 3. The Hall–Kier alpha value is -1.65. The Balaban J connectivity index is 2.23. The number of fused-ring (bicyclic) bond motifs is 1. The standard InChI is InChI=1S/C16H13BrClN3/c1-2-19-15-12-5-3-4-6-14(12)20-16(21-15)11-8-7-10(17)9-13(11)18/h3-9H,2H2,1H3,(H,19,20,21). The Kier molecular flexibility index (Phi) is 4.08. The first-order chi connectivity index (χ1) is 10.2. The lowest BCUT2D eigenvalue weighted by Crippen LogP contribution is -2.03. The molecule has 0 radical (unpaired) electrons. The van der Waals surface area contributed by atoms with E-state index < -0.39 is 0 Å². The Morgan fingerprint density at radius 2 is 1.95 bits per heavy atom. The highest BCUT2D eigenvalue weighted by molar-refractivity contribution is 9.10. The highest BCUT2D eigenvalue weighted by Gasteiger charge is 2.11. The molecule has 1 heterocycles. The first-order valence-corrected chi connectivity index (χ1v) is 7.82. The van der Waals surface area contributed by atoms with Crippen LogP contribution in [0.1, 0.15) is 6.92 Å². The summed E-state index contributed by atoms with van der Waals surface area (Å²) in [5, 5.41) is 4.93. The number of hydrogen-bond donors (Lipinski definition) is 1. The zero-order valence-corrected chi connectivity index (χ0v) is 13.7. The Bertz CT molecular complexity index is 805. The normalized spacial score (nSPS) is 10.8. The maximum absolute atomic E-state index is 6.31. The van der Waals surface area contributed by atoms with Crippen molar-refractivity contribution in [2.75, 3.05) is 11.9 Å². The lowest BCUT2D eigenvalue weighted by Gasteiger charge is -2.10. The van der Waals surface area contributed by atoms with Gasteiger partial charge >= 0.3 is 0 Å². The van der Waals surface area contributed by atoms with Gasteiger partial charge in [-0.1, -0.05) is 39.7 Å². The molecule has 3 nitrogen and oxygen atoms in total. The molecule has 0 atom stereocenters. The second-order valence-corrected chi connectivity index (χ2v) is 5.89. The predicted octanol–water partition coefficient (Wildman–Crippen LogP) is 5.14. The molecule has 0 spiro atoms. The van der Waals surface area contributed by atoms with Crippen molar-refractivity contribution in [2.45, 2.75) is 6.92 Å². The summed E-state index contributed by atoms with van der Waals surface area (Å²) >= 11 is 9.72. The molecule has 5 heteroatoms. The van der Waals surface area contributed by atoms with Crippen molar-refractivity contribution in [1.29, 1.82) is 0 Å². The summed E-state index contributed by atoms with van der Waals surface area (Å²) < 4.78 is 0.934. The summed E-state index contributed by atoms with van der Waals surface area (Å²) in [6, 6.07) is 13.7. The fraction of sp³-hybridized carbons (Fsp3) is 0.125. The number of nitrogens with one attached hydrogen (secondary N) is 1. The Morgan fingerprint density at radius 3 is 2.71 bits per heavy atom. The molecule has 0 bridgehead atoms. The first-order valence-electron chi connectivity index (χ1n) is 6.65. The van der Waals surface area contributed by atoms with Crippen molar-refractivity contribution in [2.24, 2.45) is 0 Å². The molecule has 3 rings (SSSR count). The maximum Gasteiger partial charge on any atom is 0.163 e. The average molecular weight is 363 g/mol. The second kappa shape index (κ2) is 6.00. The quantitative estimate of drug-likeness (QED) is 0.700. The average Bonchev–Trinajstić information content (AvgIpc) is 2.47. The van der Waals surface area contributed by atoms with Crippen LogP contribution < -0.4 is 5.32 Å². The van der Waals surface area contributed by atoms with Crippen LogP contribution in [0, 0.1) is 0 Å². The predicted molar refractivity (Wildman–Crippen MR) is 91.8 cm³/mol. The van der Waals surface area contributed by atoms with E-state index in [0.29, 0.717) is 10.8 Å². The monoisotopic (exact) mass is 361 g/mol. The SMILES string of the molecule is CCNc1nc(-c2ccc(Br)cc2Cl)nc2ccccc12. The fourth-order valence-corrected chi connectivity index (χ4v) is 2.93. The van der Waals surface area contributed by atoms with Crippen LogP contribution in [0.5, 0.6) is 0 Å². The molecule has 0 saturated carbocycles. The first kappa shape index (κ1) is 14.3. The van der Waals surface area contributed by atoms with Crippen molar-refractivity contribution in [1.82, 2.24) is 9.97 Å². The zero-order chi connectivity index (χ0) is 14.8. The molecule has 0 aliphatic rings. The van der Waals surface area contributed by atoms with Crippen molar-refractivity contribution in [3.8, 4) is 11.4 Å². The molecule has 0 saturated heterocycles. The van der Waals surface area contributed by atoms with Crippen molar-refractivity contribution < 1.29 is 0 Å². The molecule has 1 aromatic heterocycles. The lowest BCUT2D eigenvalue weighted by atomic mass is 10.2. The van der Waals surface area contributed by atoms with Crippen LogP contribution in [0.2, 0.25) is 5.02 Å².